The maximum atomic E-state index is 14.2. The number of nitrogens with zero attached hydrogens (tertiary/aromatic N) is 3. The molecule has 2 heterocycles. The van der Waals surface area contributed by atoms with E-state index in [-0.39, 0.29) is 17.5 Å². The molecule has 3 aromatic rings. The highest BCUT2D eigenvalue weighted by Crippen LogP contribution is 2.31. The molecule has 29 heavy (non-hydrogen) atoms. The number of para-hydroxylation sites is 2. The molecule has 0 spiro atoms. The van der Waals surface area contributed by atoms with Crippen LogP contribution in [0.5, 0.6) is 0 Å². The Bertz CT molecular complexity index is 1110. The number of thiazole rings is 1. The zero-order chi connectivity index (χ0) is 20.4. The fraction of sp³-hybridized carbons (Fsp3) is 0.136. The van der Waals surface area contributed by atoms with Gasteiger partial charge in [0, 0.05) is 30.6 Å². The van der Waals surface area contributed by atoms with E-state index < -0.39 is 5.82 Å². The highest BCUT2D eigenvalue weighted by atomic mass is 32.1. The Kier molecular flexibility index (Phi) is 5.22. The van der Waals surface area contributed by atoms with Gasteiger partial charge < -0.3 is 4.90 Å². The molecule has 0 unspecified atom stereocenters. The number of carbonyl (C=O) groups excluding carboxylic acids is 2. The molecule has 0 atom stereocenters. The topological polar surface area (TPSA) is 53.5 Å². The molecule has 1 aliphatic heterocycles. The first-order valence-corrected chi connectivity index (χ1v) is 10.0. The van der Waals surface area contributed by atoms with Crippen molar-refractivity contribution in [3.8, 4) is 0 Å². The van der Waals surface area contributed by atoms with Crippen molar-refractivity contribution in [2.24, 2.45) is 0 Å². The number of rotatable bonds is 4. The third kappa shape index (κ3) is 3.82. The van der Waals surface area contributed by atoms with Crippen molar-refractivity contribution >= 4 is 45.7 Å². The number of carbonyl (C=O) groups is 2. The van der Waals surface area contributed by atoms with Crippen LogP contribution in [0.15, 0.2) is 60.0 Å². The Morgan fingerprint density at radius 3 is 2.72 bits per heavy atom. The van der Waals surface area contributed by atoms with E-state index in [9.17, 15) is 14.0 Å². The SMILES string of the molecule is CC(=O)N(c1nc(/C=C/C(=O)N2CCc3ccccc32)cs1)c1ccccc1F. The van der Waals surface area contributed by atoms with E-state index >= 15 is 0 Å². The maximum Gasteiger partial charge on any atom is 0.251 e. The van der Waals surface area contributed by atoms with Crippen molar-refractivity contribution in [1.82, 2.24) is 4.98 Å². The van der Waals surface area contributed by atoms with Crippen molar-refractivity contribution in [2.75, 3.05) is 16.3 Å². The van der Waals surface area contributed by atoms with Crippen molar-refractivity contribution in [2.45, 2.75) is 13.3 Å². The van der Waals surface area contributed by atoms with Crippen molar-refractivity contribution < 1.29 is 14.0 Å². The van der Waals surface area contributed by atoms with Gasteiger partial charge in [-0.25, -0.2) is 9.37 Å². The Morgan fingerprint density at radius 1 is 1.17 bits per heavy atom. The van der Waals surface area contributed by atoms with E-state index in [2.05, 4.69) is 4.98 Å². The van der Waals surface area contributed by atoms with Gasteiger partial charge in [-0.05, 0) is 36.3 Å². The molecule has 7 heteroatoms. The molecule has 5 nitrogen and oxygen atoms in total. The van der Waals surface area contributed by atoms with Gasteiger partial charge >= 0.3 is 0 Å². The summed E-state index contributed by atoms with van der Waals surface area (Å²) in [5.41, 5.74) is 2.78. The molecule has 0 radical (unpaired) electrons. The molecule has 2 amide bonds. The minimum atomic E-state index is -0.502. The minimum Gasteiger partial charge on any atom is -0.308 e. The molecule has 1 aromatic heterocycles. The van der Waals surface area contributed by atoms with Gasteiger partial charge in [-0.3, -0.25) is 14.5 Å². The standard InChI is InChI=1S/C22H18FN3O2S/c1-15(27)26(20-9-5-3-7-18(20)23)22-24-17(14-29-22)10-11-21(28)25-13-12-16-6-2-4-8-19(16)25/h2-11,14H,12-13H2,1H3/b11-10+. The fourth-order valence-electron chi connectivity index (χ4n) is 3.31. The van der Waals surface area contributed by atoms with Crippen LogP contribution in [-0.2, 0) is 16.0 Å². The number of hydrogen-bond donors (Lipinski definition) is 0. The summed E-state index contributed by atoms with van der Waals surface area (Å²) in [5.74, 6) is -0.968. The minimum absolute atomic E-state index is 0.123. The quantitative estimate of drug-likeness (QED) is 0.596. The molecular formula is C22H18FN3O2S. The highest BCUT2D eigenvalue weighted by Gasteiger charge is 2.23. The summed E-state index contributed by atoms with van der Waals surface area (Å²) in [7, 11) is 0. The van der Waals surface area contributed by atoms with Crippen LogP contribution in [0.3, 0.4) is 0 Å². The number of benzene rings is 2. The maximum absolute atomic E-state index is 14.2. The third-order valence-corrected chi connectivity index (χ3v) is 5.50. The summed E-state index contributed by atoms with van der Waals surface area (Å²) in [6.07, 6.45) is 3.93. The predicted octanol–water partition coefficient (Wildman–Crippen LogP) is 4.57. The molecule has 4 rings (SSSR count). The Morgan fingerprint density at radius 2 is 1.93 bits per heavy atom. The van der Waals surface area contributed by atoms with Crippen LogP contribution in [0, 0.1) is 5.82 Å². The van der Waals surface area contributed by atoms with E-state index in [0.29, 0.717) is 17.4 Å². The van der Waals surface area contributed by atoms with E-state index in [1.807, 2.05) is 24.3 Å². The molecular weight excluding hydrogens is 389 g/mol. The van der Waals surface area contributed by atoms with Crippen LogP contribution in [0.4, 0.5) is 20.9 Å². The average molecular weight is 407 g/mol. The van der Waals surface area contributed by atoms with Crippen LogP contribution in [0.25, 0.3) is 6.08 Å². The lowest BCUT2D eigenvalue weighted by atomic mass is 10.2. The van der Waals surface area contributed by atoms with Gasteiger partial charge in [0.2, 0.25) is 5.91 Å². The van der Waals surface area contributed by atoms with Crippen LogP contribution < -0.4 is 9.80 Å². The fourth-order valence-corrected chi connectivity index (χ4v) is 4.16. The van der Waals surface area contributed by atoms with Crippen LogP contribution in [0.2, 0.25) is 0 Å². The second-order valence-corrected chi connectivity index (χ2v) is 7.40. The van der Waals surface area contributed by atoms with Crippen molar-refractivity contribution in [3.05, 3.63) is 77.1 Å². The summed E-state index contributed by atoms with van der Waals surface area (Å²) in [4.78, 5) is 32.1. The first-order chi connectivity index (χ1) is 14.0. The van der Waals surface area contributed by atoms with E-state index in [0.717, 1.165) is 17.7 Å². The molecule has 0 saturated heterocycles. The van der Waals surface area contributed by atoms with Crippen LogP contribution in [0.1, 0.15) is 18.2 Å². The number of halogens is 1. The Hall–Kier alpha value is -3.32. The van der Waals surface area contributed by atoms with Crippen LogP contribution in [-0.4, -0.2) is 23.3 Å². The molecule has 0 bridgehead atoms. The van der Waals surface area contributed by atoms with Gasteiger partial charge in [-0.15, -0.1) is 11.3 Å². The highest BCUT2D eigenvalue weighted by molar-refractivity contribution is 7.14. The zero-order valence-corrected chi connectivity index (χ0v) is 16.5. The van der Waals surface area contributed by atoms with E-state index in [1.54, 1.807) is 28.5 Å². The molecule has 1 aliphatic rings. The lowest BCUT2D eigenvalue weighted by Gasteiger charge is -2.18. The first kappa shape index (κ1) is 19.0. The van der Waals surface area contributed by atoms with Crippen molar-refractivity contribution in [1.29, 1.82) is 0 Å². The summed E-state index contributed by atoms with van der Waals surface area (Å²) in [6, 6.07) is 13.9. The molecule has 0 saturated carbocycles. The lowest BCUT2D eigenvalue weighted by Crippen LogP contribution is -2.26. The van der Waals surface area contributed by atoms with Crippen LogP contribution >= 0.6 is 11.3 Å². The number of anilines is 3. The predicted molar refractivity (Wildman–Crippen MR) is 113 cm³/mol. The van der Waals surface area contributed by atoms with Gasteiger partial charge in [0.05, 0.1) is 11.4 Å². The molecule has 0 aliphatic carbocycles. The average Bonchev–Trinajstić information content (AvgIpc) is 3.35. The van der Waals surface area contributed by atoms with E-state index in [4.69, 9.17) is 0 Å². The second kappa shape index (κ2) is 7.97. The number of amides is 2. The zero-order valence-electron chi connectivity index (χ0n) is 15.7. The molecule has 146 valence electrons. The van der Waals surface area contributed by atoms with Gasteiger partial charge in [-0.2, -0.15) is 0 Å². The lowest BCUT2D eigenvalue weighted by molar-refractivity contribution is -0.116. The van der Waals surface area contributed by atoms with Gasteiger partial charge in [-0.1, -0.05) is 30.3 Å². The molecule has 0 fully saturated rings. The first-order valence-electron chi connectivity index (χ1n) is 9.13. The largest absolute Gasteiger partial charge is 0.308 e. The number of aromatic nitrogens is 1. The normalized spacial score (nSPS) is 13.0. The van der Waals surface area contributed by atoms with Gasteiger partial charge in [0.25, 0.3) is 5.91 Å². The van der Waals surface area contributed by atoms with Gasteiger partial charge in [0.1, 0.15) is 5.82 Å². The van der Waals surface area contributed by atoms with Crippen molar-refractivity contribution in [3.63, 3.8) is 0 Å². The summed E-state index contributed by atoms with van der Waals surface area (Å²) in [5, 5.41) is 2.08. The summed E-state index contributed by atoms with van der Waals surface area (Å²) >= 11 is 1.21. The molecule has 0 N–H and O–H groups in total. The number of hydrogen-bond acceptors (Lipinski definition) is 4. The third-order valence-electron chi connectivity index (χ3n) is 4.66. The monoisotopic (exact) mass is 407 g/mol. The second-order valence-electron chi connectivity index (χ2n) is 6.56. The Balaban J connectivity index is 1.54. The van der Waals surface area contributed by atoms with Gasteiger partial charge in [0.15, 0.2) is 5.13 Å². The summed E-state index contributed by atoms with van der Waals surface area (Å²) in [6.45, 7) is 2.01. The Labute approximate surface area is 171 Å². The van der Waals surface area contributed by atoms with E-state index in [1.165, 1.54) is 41.4 Å². The smallest absolute Gasteiger partial charge is 0.251 e. The summed E-state index contributed by atoms with van der Waals surface area (Å²) < 4.78 is 14.2. The molecule has 2 aromatic carbocycles. The number of fused-ring (bicyclic) bond motifs is 1.